The van der Waals surface area contributed by atoms with Gasteiger partial charge in [-0.2, -0.15) is 0 Å². The lowest BCUT2D eigenvalue weighted by Gasteiger charge is -2.24. The van der Waals surface area contributed by atoms with E-state index in [2.05, 4.69) is 39.2 Å². The van der Waals surface area contributed by atoms with E-state index in [1.807, 2.05) is 18.5 Å². The fraction of sp³-hybridized carbons (Fsp3) is 0.842. The number of ether oxygens (including phenoxy) is 1. The van der Waals surface area contributed by atoms with Gasteiger partial charge in [-0.1, -0.05) is 13.8 Å². The molecule has 0 spiro atoms. The number of nitrogens with zero attached hydrogens (tertiary/aromatic N) is 6. The van der Waals surface area contributed by atoms with Gasteiger partial charge < -0.3 is 24.4 Å². The number of aryl methyl sites for hydroxylation is 1. The molecule has 0 amide bonds. The third-order valence-corrected chi connectivity index (χ3v) is 5.36. The minimum atomic E-state index is 0. The van der Waals surface area contributed by atoms with Gasteiger partial charge in [-0.3, -0.25) is 0 Å². The maximum Gasteiger partial charge on any atom is 0.194 e. The molecule has 0 saturated carbocycles. The molecule has 0 aliphatic carbocycles. The molecule has 1 aromatic heterocycles. The van der Waals surface area contributed by atoms with E-state index in [0.717, 1.165) is 63.4 Å². The second-order valence-corrected chi connectivity index (χ2v) is 7.22. The van der Waals surface area contributed by atoms with Crippen molar-refractivity contribution in [3.05, 3.63) is 11.6 Å². The van der Waals surface area contributed by atoms with E-state index in [9.17, 15) is 0 Å². The number of methoxy groups -OCH3 is 1. The molecule has 1 aromatic rings. The van der Waals surface area contributed by atoms with Crippen LogP contribution < -0.4 is 5.32 Å². The molecule has 9 heteroatoms. The molecule has 1 saturated heterocycles. The van der Waals surface area contributed by atoms with Gasteiger partial charge in [0, 0.05) is 46.9 Å². The third kappa shape index (κ3) is 7.47. The molecule has 0 radical (unpaired) electrons. The Morgan fingerprint density at radius 1 is 1.32 bits per heavy atom. The molecule has 1 aliphatic rings. The average Bonchev–Trinajstić information content (AvgIpc) is 3.27. The summed E-state index contributed by atoms with van der Waals surface area (Å²) >= 11 is 0. The summed E-state index contributed by atoms with van der Waals surface area (Å²) < 4.78 is 7.16. The van der Waals surface area contributed by atoms with Crippen molar-refractivity contribution < 1.29 is 4.74 Å². The fourth-order valence-electron chi connectivity index (χ4n) is 3.44. The van der Waals surface area contributed by atoms with Crippen LogP contribution in [-0.4, -0.2) is 83.5 Å². The highest BCUT2D eigenvalue weighted by Crippen LogP contribution is 2.18. The first-order valence-electron chi connectivity index (χ1n) is 10.2. The summed E-state index contributed by atoms with van der Waals surface area (Å²) in [6.45, 7) is 14.1. The normalized spacial score (nSPS) is 17.3. The van der Waals surface area contributed by atoms with Crippen LogP contribution in [0.15, 0.2) is 4.99 Å². The van der Waals surface area contributed by atoms with Crippen molar-refractivity contribution in [2.75, 3.05) is 53.0 Å². The number of rotatable bonds is 10. The topological polar surface area (TPSA) is 70.8 Å². The number of likely N-dealkylation sites (tertiary alicyclic amines) is 1. The molecule has 1 fully saturated rings. The number of halogens is 1. The largest absolute Gasteiger partial charge is 0.385 e. The van der Waals surface area contributed by atoms with Crippen molar-refractivity contribution in [3.8, 4) is 0 Å². The number of aromatic nitrogens is 3. The van der Waals surface area contributed by atoms with Gasteiger partial charge in [-0.05, 0) is 38.8 Å². The first-order valence-corrected chi connectivity index (χ1v) is 10.2. The van der Waals surface area contributed by atoms with Crippen LogP contribution in [-0.2, 0) is 18.3 Å². The Balaban J connectivity index is 0.00000392. The van der Waals surface area contributed by atoms with Gasteiger partial charge in [0.15, 0.2) is 11.8 Å². The summed E-state index contributed by atoms with van der Waals surface area (Å²) in [5.74, 6) is 3.49. The highest BCUT2D eigenvalue weighted by Gasteiger charge is 2.26. The molecule has 2 rings (SSSR count). The molecule has 162 valence electrons. The second kappa shape index (κ2) is 13.3. The van der Waals surface area contributed by atoms with Gasteiger partial charge in [0.1, 0.15) is 12.4 Å². The predicted octanol–water partition coefficient (Wildman–Crippen LogP) is 1.89. The van der Waals surface area contributed by atoms with E-state index in [1.165, 1.54) is 13.0 Å². The van der Waals surface area contributed by atoms with Gasteiger partial charge >= 0.3 is 0 Å². The Labute approximate surface area is 187 Å². The van der Waals surface area contributed by atoms with Crippen LogP contribution in [0.2, 0.25) is 0 Å². The van der Waals surface area contributed by atoms with Crippen LogP contribution in [0.25, 0.3) is 0 Å². The van der Waals surface area contributed by atoms with Crippen LogP contribution in [0, 0.1) is 12.8 Å². The Morgan fingerprint density at radius 3 is 2.68 bits per heavy atom. The molecule has 2 heterocycles. The maximum absolute atomic E-state index is 5.16. The molecule has 1 N–H and O–H groups in total. The number of aliphatic imine (C=N–C) groups is 1. The lowest BCUT2D eigenvalue weighted by molar-refractivity contribution is 0.195. The minimum absolute atomic E-state index is 0. The zero-order valence-corrected chi connectivity index (χ0v) is 20.5. The van der Waals surface area contributed by atoms with E-state index >= 15 is 0 Å². The number of hydrogen-bond donors (Lipinski definition) is 1. The Kier molecular flexibility index (Phi) is 11.9. The zero-order valence-electron chi connectivity index (χ0n) is 18.1. The molecule has 0 bridgehead atoms. The molecule has 1 unspecified atom stereocenters. The Morgan fingerprint density at radius 2 is 2.07 bits per heavy atom. The molecular weight excluding hydrogens is 469 g/mol. The maximum atomic E-state index is 5.16. The summed E-state index contributed by atoms with van der Waals surface area (Å²) in [5.41, 5.74) is 0. The lowest BCUT2D eigenvalue weighted by Crippen LogP contribution is -2.41. The molecule has 8 nitrogen and oxygen atoms in total. The van der Waals surface area contributed by atoms with Crippen molar-refractivity contribution in [2.45, 2.75) is 40.2 Å². The van der Waals surface area contributed by atoms with Crippen molar-refractivity contribution in [1.29, 1.82) is 0 Å². The fourth-order valence-corrected chi connectivity index (χ4v) is 3.44. The molecule has 1 aliphatic heterocycles. The number of hydrogen-bond acceptors (Lipinski definition) is 5. The molecule has 1 atom stereocenters. The van der Waals surface area contributed by atoms with Crippen molar-refractivity contribution in [3.63, 3.8) is 0 Å². The lowest BCUT2D eigenvalue weighted by atomic mass is 10.1. The second-order valence-electron chi connectivity index (χ2n) is 7.22. The van der Waals surface area contributed by atoms with E-state index in [1.54, 1.807) is 7.11 Å². The summed E-state index contributed by atoms with van der Waals surface area (Å²) in [7, 11) is 3.73. The Hall–Kier alpha value is -0.940. The van der Waals surface area contributed by atoms with Gasteiger partial charge in [0.2, 0.25) is 0 Å². The average molecular weight is 507 g/mol. The standard InChI is InChI=1S/C19H37N7O.HI/c1-6-25(7-2)14-17-9-11-26(15-17)19(20-10-8-12-27-5)21-13-18-23-22-16(3)24(18)4;/h17H,6-15H2,1-5H3,(H,20,21);1H. The molecular formula is C19H38IN7O. The highest BCUT2D eigenvalue weighted by atomic mass is 127. The van der Waals surface area contributed by atoms with E-state index < -0.39 is 0 Å². The summed E-state index contributed by atoms with van der Waals surface area (Å²) in [6.07, 6.45) is 2.19. The summed E-state index contributed by atoms with van der Waals surface area (Å²) in [5, 5.41) is 11.9. The van der Waals surface area contributed by atoms with Crippen LogP contribution in [0.3, 0.4) is 0 Å². The third-order valence-electron chi connectivity index (χ3n) is 5.36. The zero-order chi connectivity index (χ0) is 19.6. The van der Waals surface area contributed by atoms with Crippen LogP contribution >= 0.6 is 24.0 Å². The monoisotopic (exact) mass is 507 g/mol. The molecule has 0 aromatic carbocycles. The van der Waals surface area contributed by atoms with Crippen LogP contribution in [0.4, 0.5) is 0 Å². The highest BCUT2D eigenvalue weighted by molar-refractivity contribution is 14.0. The SMILES string of the molecule is CCN(CC)CC1CCN(C(=NCc2nnc(C)n2C)NCCCOC)C1.I. The van der Waals surface area contributed by atoms with E-state index in [0.29, 0.717) is 12.5 Å². The predicted molar refractivity (Wildman–Crippen MR) is 124 cm³/mol. The number of guanidine groups is 1. The first kappa shape index (κ1) is 25.1. The quantitative estimate of drug-likeness (QED) is 0.226. The first-order chi connectivity index (χ1) is 13.1. The minimum Gasteiger partial charge on any atom is -0.385 e. The summed E-state index contributed by atoms with van der Waals surface area (Å²) in [6, 6.07) is 0. The van der Waals surface area contributed by atoms with Crippen molar-refractivity contribution in [2.24, 2.45) is 18.0 Å². The smallest absolute Gasteiger partial charge is 0.194 e. The summed E-state index contributed by atoms with van der Waals surface area (Å²) in [4.78, 5) is 9.76. The van der Waals surface area contributed by atoms with E-state index in [4.69, 9.17) is 9.73 Å². The Bertz CT molecular complexity index is 589. The van der Waals surface area contributed by atoms with E-state index in [-0.39, 0.29) is 24.0 Å². The van der Waals surface area contributed by atoms with Gasteiger partial charge in [-0.25, -0.2) is 4.99 Å². The van der Waals surface area contributed by atoms with Crippen molar-refractivity contribution >= 4 is 29.9 Å². The van der Waals surface area contributed by atoms with Crippen LogP contribution in [0.1, 0.15) is 38.3 Å². The van der Waals surface area contributed by atoms with Crippen LogP contribution in [0.5, 0.6) is 0 Å². The van der Waals surface area contributed by atoms with Gasteiger partial charge in [-0.15, -0.1) is 34.2 Å². The molecule has 28 heavy (non-hydrogen) atoms. The van der Waals surface area contributed by atoms with Gasteiger partial charge in [0.05, 0.1) is 0 Å². The van der Waals surface area contributed by atoms with Crippen molar-refractivity contribution in [1.82, 2.24) is 29.9 Å². The van der Waals surface area contributed by atoms with Gasteiger partial charge in [0.25, 0.3) is 0 Å². The number of nitrogens with one attached hydrogen (secondary N) is 1.